The highest BCUT2D eigenvalue weighted by atomic mass is 32.2. The van der Waals surface area contributed by atoms with Gasteiger partial charge in [-0.2, -0.15) is 0 Å². The lowest BCUT2D eigenvalue weighted by atomic mass is 9.86. The van der Waals surface area contributed by atoms with Gasteiger partial charge in [0.15, 0.2) is 0 Å². The smallest absolute Gasteiger partial charge is 0.324 e. The molecular weight excluding hydrogens is 418 g/mol. The van der Waals surface area contributed by atoms with E-state index >= 15 is 0 Å². The molecular formula is C22H31N3O5S. The molecule has 2 aliphatic carbocycles. The lowest BCUT2D eigenvalue weighted by Gasteiger charge is -2.25. The zero-order chi connectivity index (χ0) is 21.9. The molecule has 3 aliphatic rings. The van der Waals surface area contributed by atoms with Gasteiger partial charge in [0.25, 0.3) is 0 Å². The van der Waals surface area contributed by atoms with Crippen LogP contribution in [0.5, 0.6) is 5.75 Å². The Labute approximate surface area is 183 Å². The van der Waals surface area contributed by atoms with Crippen LogP contribution in [0.3, 0.4) is 0 Å². The van der Waals surface area contributed by atoms with E-state index in [4.69, 9.17) is 4.74 Å². The first kappa shape index (κ1) is 22.1. The Balaban J connectivity index is 1.23. The molecule has 1 aliphatic heterocycles. The van der Waals surface area contributed by atoms with Gasteiger partial charge in [0.2, 0.25) is 15.9 Å². The molecule has 0 aromatic heterocycles. The summed E-state index contributed by atoms with van der Waals surface area (Å²) in [7, 11) is -3.42. The van der Waals surface area contributed by atoms with E-state index in [1.165, 1.54) is 24.2 Å². The minimum Gasteiger partial charge on any atom is -0.493 e. The Bertz CT molecular complexity index is 925. The van der Waals surface area contributed by atoms with E-state index in [9.17, 15) is 18.0 Å². The average Bonchev–Trinajstić information content (AvgIpc) is 3.38. The van der Waals surface area contributed by atoms with Crippen LogP contribution in [0.15, 0.2) is 24.3 Å². The van der Waals surface area contributed by atoms with Gasteiger partial charge in [-0.05, 0) is 62.1 Å². The molecule has 0 spiro atoms. The summed E-state index contributed by atoms with van der Waals surface area (Å²) < 4.78 is 34.2. The fraction of sp³-hybridized carbons (Fsp3) is 0.636. The van der Waals surface area contributed by atoms with Crippen LogP contribution in [0.2, 0.25) is 0 Å². The van der Waals surface area contributed by atoms with E-state index in [2.05, 4.69) is 10.0 Å². The van der Waals surface area contributed by atoms with Crippen molar-refractivity contribution in [3.63, 3.8) is 0 Å². The maximum atomic E-state index is 12.7. The number of carbonyl (C=O) groups excluding carboxylic acids is 2. The Morgan fingerprint density at radius 1 is 1.16 bits per heavy atom. The number of hydrogen-bond acceptors (Lipinski definition) is 5. The number of hydrogen-bond donors (Lipinski definition) is 2. The summed E-state index contributed by atoms with van der Waals surface area (Å²) in [5.41, 5.74) is 0.453. The van der Waals surface area contributed by atoms with Crippen LogP contribution in [-0.4, -0.2) is 50.7 Å². The Morgan fingerprint density at radius 3 is 2.61 bits per heavy atom. The molecule has 1 aromatic rings. The summed E-state index contributed by atoms with van der Waals surface area (Å²) in [4.78, 5) is 24.1. The fourth-order valence-corrected chi connectivity index (χ4v) is 5.72. The first-order chi connectivity index (χ1) is 14.9. The van der Waals surface area contributed by atoms with Crippen LogP contribution in [0.25, 0.3) is 0 Å². The molecule has 3 fully saturated rings. The molecule has 0 bridgehead atoms. The zero-order valence-corrected chi connectivity index (χ0v) is 18.6. The highest BCUT2D eigenvalue weighted by Gasteiger charge is 2.47. The zero-order valence-electron chi connectivity index (χ0n) is 17.8. The first-order valence-electron chi connectivity index (χ1n) is 11.2. The molecule has 1 aromatic carbocycles. The second-order valence-corrected chi connectivity index (χ2v) is 10.8. The Morgan fingerprint density at radius 2 is 1.97 bits per heavy atom. The number of benzene rings is 1. The van der Waals surface area contributed by atoms with Crippen LogP contribution < -0.4 is 14.8 Å². The number of rotatable bonds is 12. The Kier molecular flexibility index (Phi) is 6.52. The molecule has 9 heteroatoms. The summed E-state index contributed by atoms with van der Waals surface area (Å²) in [6.45, 7) is 1.28. The second-order valence-electron chi connectivity index (χ2n) is 8.97. The van der Waals surface area contributed by atoms with Crippen molar-refractivity contribution in [2.75, 3.05) is 25.4 Å². The molecule has 0 unspecified atom stereocenters. The van der Waals surface area contributed by atoms with Gasteiger partial charge in [0.1, 0.15) is 12.3 Å². The maximum Gasteiger partial charge on any atom is 0.324 e. The quantitative estimate of drug-likeness (QED) is 0.377. The van der Waals surface area contributed by atoms with Crippen LogP contribution in [-0.2, 0) is 20.4 Å². The van der Waals surface area contributed by atoms with E-state index in [1.807, 2.05) is 24.3 Å². The number of carbonyl (C=O) groups is 2. The first-order valence-corrected chi connectivity index (χ1v) is 12.8. The Hall–Kier alpha value is -2.13. The highest BCUT2D eigenvalue weighted by Crippen LogP contribution is 2.47. The van der Waals surface area contributed by atoms with Gasteiger partial charge in [0, 0.05) is 6.54 Å². The molecule has 1 heterocycles. The molecule has 0 radical (unpaired) electrons. The molecule has 3 amide bonds. The molecule has 2 N–H and O–H groups in total. The largest absolute Gasteiger partial charge is 0.493 e. The highest BCUT2D eigenvalue weighted by molar-refractivity contribution is 7.89. The van der Waals surface area contributed by atoms with E-state index in [1.54, 1.807) is 0 Å². The van der Waals surface area contributed by atoms with Crippen molar-refractivity contribution in [1.82, 2.24) is 14.9 Å². The standard InChI is InChI=1S/C22H31N3O5S/c26-20-15-25(21(27)23-20)12-2-1-3-13-31(28,29)24-22(10-11-22)18-8-5-9-19(14-18)30-16-17-6-4-7-17/h5,8-9,14,17,24H,1-4,6-7,10-13,15-16H2,(H,23,26,27). The third-order valence-electron chi connectivity index (χ3n) is 6.41. The van der Waals surface area contributed by atoms with E-state index in [0.717, 1.165) is 30.8 Å². The fourth-order valence-electron chi connectivity index (χ4n) is 4.12. The number of imide groups is 1. The number of nitrogens with zero attached hydrogens (tertiary/aromatic N) is 1. The van der Waals surface area contributed by atoms with E-state index in [0.29, 0.717) is 31.7 Å². The summed E-state index contributed by atoms with van der Waals surface area (Å²) in [6, 6.07) is 7.43. The van der Waals surface area contributed by atoms with Gasteiger partial charge in [-0.1, -0.05) is 25.0 Å². The molecule has 1 saturated heterocycles. The predicted molar refractivity (Wildman–Crippen MR) is 116 cm³/mol. The second kappa shape index (κ2) is 9.16. The lowest BCUT2D eigenvalue weighted by Crippen LogP contribution is -2.36. The number of urea groups is 1. The number of amides is 3. The molecule has 31 heavy (non-hydrogen) atoms. The van der Waals surface area contributed by atoms with Gasteiger partial charge in [0.05, 0.1) is 17.9 Å². The van der Waals surface area contributed by atoms with Gasteiger partial charge < -0.3 is 9.64 Å². The number of nitrogens with one attached hydrogen (secondary N) is 2. The molecule has 8 nitrogen and oxygen atoms in total. The SMILES string of the molecule is O=C1CN(CCCCCS(=O)(=O)NC2(c3cccc(OCC4CCC4)c3)CC2)C(=O)N1. The normalized spacial score (nSPS) is 20.5. The van der Waals surface area contributed by atoms with Crippen molar-refractivity contribution in [3.8, 4) is 5.75 Å². The van der Waals surface area contributed by atoms with Gasteiger partial charge in [-0.15, -0.1) is 0 Å². The summed E-state index contributed by atoms with van der Waals surface area (Å²) in [5.74, 6) is 1.22. The van der Waals surface area contributed by atoms with Crippen LogP contribution in [0, 0.1) is 5.92 Å². The number of unbranched alkanes of at least 4 members (excludes halogenated alkanes) is 2. The van der Waals surface area contributed by atoms with Crippen molar-refractivity contribution < 1.29 is 22.7 Å². The summed E-state index contributed by atoms with van der Waals surface area (Å²) in [6.07, 6.45) is 7.18. The monoisotopic (exact) mass is 449 g/mol. The minimum absolute atomic E-state index is 0.0533. The van der Waals surface area contributed by atoms with Crippen molar-refractivity contribution in [3.05, 3.63) is 29.8 Å². The van der Waals surface area contributed by atoms with Crippen LogP contribution >= 0.6 is 0 Å². The van der Waals surface area contributed by atoms with Gasteiger partial charge in [-0.25, -0.2) is 17.9 Å². The number of sulfonamides is 1. The predicted octanol–water partition coefficient (Wildman–Crippen LogP) is 2.50. The number of ether oxygens (including phenoxy) is 1. The molecule has 2 saturated carbocycles. The van der Waals surface area contributed by atoms with Gasteiger partial charge >= 0.3 is 6.03 Å². The lowest BCUT2D eigenvalue weighted by molar-refractivity contribution is -0.118. The maximum absolute atomic E-state index is 12.7. The third kappa shape index (κ3) is 5.77. The topological polar surface area (TPSA) is 105 Å². The van der Waals surface area contributed by atoms with Crippen molar-refractivity contribution in [1.29, 1.82) is 0 Å². The van der Waals surface area contributed by atoms with Crippen molar-refractivity contribution >= 4 is 22.0 Å². The minimum atomic E-state index is -3.42. The van der Waals surface area contributed by atoms with Crippen molar-refractivity contribution in [2.45, 2.75) is 56.9 Å². The average molecular weight is 450 g/mol. The van der Waals surface area contributed by atoms with Crippen LogP contribution in [0.1, 0.15) is 56.9 Å². The van der Waals surface area contributed by atoms with E-state index < -0.39 is 15.6 Å². The summed E-state index contributed by atoms with van der Waals surface area (Å²) >= 11 is 0. The summed E-state index contributed by atoms with van der Waals surface area (Å²) in [5, 5.41) is 2.24. The molecule has 170 valence electrons. The molecule has 4 rings (SSSR count). The third-order valence-corrected chi connectivity index (χ3v) is 7.93. The van der Waals surface area contributed by atoms with E-state index in [-0.39, 0.29) is 24.2 Å². The van der Waals surface area contributed by atoms with Crippen molar-refractivity contribution in [2.24, 2.45) is 5.92 Å². The van der Waals surface area contributed by atoms with Gasteiger partial charge in [-0.3, -0.25) is 10.1 Å². The van der Waals surface area contributed by atoms with Crippen LogP contribution in [0.4, 0.5) is 4.79 Å². The molecule has 0 atom stereocenters.